The lowest BCUT2D eigenvalue weighted by Gasteiger charge is -2.17. The molecule has 0 unspecified atom stereocenters. The fourth-order valence-corrected chi connectivity index (χ4v) is 2.72. The highest BCUT2D eigenvalue weighted by atomic mass is 16.5. The number of amides is 2. The summed E-state index contributed by atoms with van der Waals surface area (Å²) in [6, 6.07) is 15.0. The predicted molar refractivity (Wildman–Crippen MR) is 110 cm³/mol. The topological polar surface area (TPSA) is 67.9 Å². The van der Waals surface area contributed by atoms with Gasteiger partial charge in [0.25, 0.3) is 0 Å². The molecule has 0 saturated heterocycles. The second kappa shape index (κ2) is 11.0. The number of methoxy groups -OCH3 is 1. The number of benzene rings is 2. The molecule has 0 heterocycles. The Kier molecular flexibility index (Phi) is 8.34. The molecule has 6 nitrogen and oxygen atoms in total. The maximum absolute atomic E-state index is 12.2. The van der Waals surface area contributed by atoms with Gasteiger partial charge >= 0.3 is 0 Å². The van der Waals surface area contributed by atoms with Crippen molar-refractivity contribution in [2.24, 2.45) is 0 Å². The number of hydrogen-bond donors (Lipinski definition) is 1. The van der Waals surface area contributed by atoms with Gasteiger partial charge in [-0.05, 0) is 48.7 Å². The van der Waals surface area contributed by atoms with Crippen LogP contribution in [0.2, 0.25) is 0 Å². The molecule has 0 aliphatic rings. The number of anilines is 1. The van der Waals surface area contributed by atoms with Crippen molar-refractivity contribution < 1.29 is 19.1 Å². The summed E-state index contributed by atoms with van der Waals surface area (Å²) >= 11 is 0. The van der Waals surface area contributed by atoms with Crippen LogP contribution in [0.3, 0.4) is 0 Å². The van der Waals surface area contributed by atoms with Crippen LogP contribution in [0.25, 0.3) is 0 Å². The third kappa shape index (κ3) is 6.61. The zero-order valence-corrected chi connectivity index (χ0v) is 16.7. The number of hydrogen-bond acceptors (Lipinski definition) is 4. The molecule has 2 rings (SSSR count). The predicted octanol–water partition coefficient (Wildman–Crippen LogP) is 3.51. The summed E-state index contributed by atoms with van der Waals surface area (Å²) in [6.07, 6.45) is 1.74. The molecule has 150 valence electrons. The van der Waals surface area contributed by atoms with Crippen LogP contribution < -0.4 is 14.8 Å². The van der Waals surface area contributed by atoms with Gasteiger partial charge in [0.2, 0.25) is 11.8 Å². The molecule has 0 atom stereocenters. The smallest absolute Gasteiger partial charge is 0.243 e. The highest BCUT2D eigenvalue weighted by molar-refractivity contribution is 5.95. The van der Waals surface area contributed by atoms with Crippen LogP contribution in [-0.4, -0.2) is 44.0 Å². The number of carbonyl (C=O) groups is 2. The molecular formula is C22H28N2O4. The zero-order valence-electron chi connectivity index (χ0n) is 16.7. The molecule has 0 radical (unpaired) electrons. The third-order valence-corrected chi connectivity index (χ3v) is 4.34. The summed E-state index contributed by atoms with van der Waals surface area (Å²) in [5, 5.41) is 2.88. The van der Waals surface area contributed by atoms with Crippen molar-refractivity contribution in [2.75, 3.05) is 32.6 Å². The van der Waals surface area contributed by atoms with E-state index >= 15 is 0 Å². The maximum atomic E-state index is 12.2. The van der Waals surface area contributed by atoms with E-state index in [1.165, 1.54) is 4.90 Å². The van der Waals surface area contributed by atoms with Gasteiger partial charge in [-0.15, -0.1) is 0 Å². The van der Waals surface area contributed by atoms with Gasteiger partial charge in [-0.3, -0.25) is 9.59 Å². The van der Waals surface area contributed by atoms with E-state index in [0.29, 0.717) is 19.4 Å². The number of nitrogens with one attached hydrogen (secondary N) is 1. The van der Waals surface area contributed by atoms with Crippen molar-refractivity contribution in [3.05, 3.63) is 54.1 Å². The normalized spacial score (nSPS) is 10.2. The molecule has 0 saturated carbocycles. The van der Waals surface area contributed by atoms with Crippen molar-refractivity contribution in [3.63, 3.8) is 0 Å². The van der Waals surface area contributed by atoms with Crippen molar-refractivity contribution in [1.29, 1.82) is 0 Å². The van der Waals surface area contributed by atoms with Gasteiger partial charge in [-0.25, -0.2) is 0 Å². The molecule has 0 spiro atoms. The molecule has 2 aromatic rings. The SMILES string of the molecule is CCc1ccccc1NC(=O)CN(C)C(=O)CCCOc1ccc(OC)cc1. The van der Waals surface area contributed by atoms with E-state index in [1.54, 1.807) is 14.2 Å². The van der Waals surface area contributed by atoms with Crippen LogP contribution in [0.1, 0.15) is 25.3 Å². The minimum absolute atomic E-state index is 0.0240. The lowest BCUT2D eigenvalue weighted by atomic mass is 10.1. The second-order valence-corrected chi connectivity index (χ2v) is 6.44. The maximum Gasteiger partial charge on any atom is 0.243 e. The Bertz CT molecular complexity index is 774. The molecule has 2 aromatic carbocycles. The van der Waals surface area contributed by atoms with Crippen LogP contribution in [-0.2, 0) is 16.0 Å². The first-order valence-corrected chi connectivity index (χ1v) is 9.42. The summed E-state index contributed by atoms with van der Waals surface area (Å²) in [7, 11) is 3.25. The summed E-state index contributed by atoms with van der Waals surface area (Å²) in [6.45, 7) is 2.49. The van der Waals surface area contributed by atoms with Gasteiger partial charge in [0.05, 0.1) is 20.3 Å². The number of nitrogens with zero attached hydrogens (tertiary/aromatic N) is 1. The summed E-state index contributed by atoms with van der Waals surface area (Å²) < 4.78 is 10.7. The average Bonchev–Trinajstić information content (AvgIpc) is 2.71. The average molecular weight is 384 g/mol. The molecular weight excluding hydrogens is 356 g/mol. The Morgan fingerprint density at radius 1 is 1.04 bits per heavy atom. The Morgan fingerprint density at radius 3 is 2.39 bits per heavy atom. The van der Waals surface area contributed by atoms with Gasteiger partial charge < -0.3 is 19.7 Å². The molecule has 0 fully saturated rings. The molecule has 0 bridgehead atoms. The number of likely N-dealkylation sites (N-methyl/N-ethyl adjacent to an activating group) is 1. The first-order valence-electron chi connectivity index (χ1n) is 9.42. The van der Waals surface area contributed by atoms with Gasteiger partial charge in [0, 0.05) is 19.2 Å². The number of aryl methyl sites for hydroxylation is 1. The lowest BCUT2D eigenvalue weighted by Crippen LogP contribution is -2.35. The summed E-state index contributed by atoms with van der Waals surface area (Å²) in [5.74, 6) is 1.21. The van der Waals surface area contributed by atoms with Gasteiger partial charge in [0.1, 0.15) is 11.5 Å². The van der Waals surface area contributed by atoms with Crippen LogP contribution in [0.4, 0.5) is 5.69 Å². The molecule has 0 aromatic heterocycles. The lowest BCUT2D eigenvalue weighted by molar-refractivity contribution is -0.133. The molecule has 0 aliphatic heterocycles. The first kappa shape index (κ1) is 21.3. The summed E-state index contributed by atoms with van der Waals surface area (Å²) in [5.41, 5.74) is 1.87. The van der Waals surface area contributed by atoms with E-state index in [4.69, 9.17) is 9.47 Å². The van der Waals surface area contributed by atoms with E-state index in [2.05, 4.69) is 5.32 Å². The van der Waals surface area contributed by atoms with E-state index in [1.807, 2.05) is 55.5 Å². The number of ether oxygens (including phenoxy) is 2. The fraction of sp³-hybridized carbons (Fsp3) is 0.364. The number of carbonyl (C=O) groups excluding carboxylic acids is 2. The molecule has 1 N–H and O–H groups in total. The highest BCUT2D eigenvalue weighted by Gasteiger charge is 2.13. The zero-order chi connectivity index (χ0) is 20.4. The van der Waals surface area contributed by atoms with Crippen LogP contribution in [0.15, 0.2) is 48.5 Å². The Labute approximate surface area is 166 Å². The van der Waals surface area contributed by atoms with Crippen LogP contribution >= 0.6 is 0 Å². The van der Waals surface area contributed by atoms with Crippen molar-refractivity contribution in [3.8, 4) is 11.5 Å². The van der Waals surface area contributed by atoms with Crippen LogP contribution in [0.5, 0.6) is 11.5 Å². The van der Waals surface area contributed by atoms with Gasteiger partial charge in [-0.1, -0.05) is 25.1 Å². The van der Waals surface area contributed by atoms with Crippen molar-refractivity contribution in [2.45, 2.75) is 26.2 Å². The molecule has 0 aliphatic carbocycles. The molecule has 28 heavy (non-hydrogen) atoms. The number of para-hydroxylation sites is 1. The minimum Gasteiger partial charge on any atom is -0.497 e. The van der Waals surface area contributed by atoms with E-state index in [-0.39, 0.29) is 18.4 Å². The Morgan fingerprint density at radius 2 is 1.71 bits per heavy atom. The largest absolute Gasteiger partial charge is 0.497 e. The minimum atomic E-state index is -0.203. The van der Waals surface area contributed by atoms with Gasteiger partial charge in [0.15, 0.2) is 0 Å². The van der Waals surface area contributed by atoms with E-state index in [9.17, 15) is 9.59 Å². The third-order valence-electron chi connectivity index (χ3n) is 4.34. The standard InChI is InChI=1S/C22H28N2O4/c1-4-17-8-5-6-9-20(17)23-21(25)16-24(2)22(26)10-7-15-28-19-13-11-18(27-3)12-14-19/h5-6,8-9,11-14H,4,7,10,15-16H2,1-3H3,(H,23,25). The van der Waals surface area contributed by atoms with Crippen molar-refractivity contribution in [1.82, 2.24) is 4.90 Å². The summed E-state index contributed by atoms with van der Waals surface area (Å²) in [4.78, 5) is 25.9. The fourth-order valence-electron chi connectivity index (χ4n) is 2.72. The quantitative estimate of drug-likeness (QED) is 0.637. The van der Waals surface area contributed by atoms with Crippen LogP contribution in [0, 0.1) is 0 Å². The van der Waals surface area contributed by atoms with Gasteiger partial charge in [-0.2, -0.15) is 0 Å². The second-order valence-electron chi connectivity index (χ2n) is 6.44. The Balaban J connectivity index is 1.70. The highest BCUT2D eigenvalue weighted by Crippen LogP contribution is 2.17. The monoisotopic (exact) mass is 384 g/mol. The number of rotatable bonds is 10. The van der Waals surface area contributed by atoms with E-state index < -0.39 is 0 Å². The van der Waals surface area contributed by atoms with Crippen molar-refractivity contribution >= 4 is 17.5 Å². The first-order chi connectivity index (χ1) is 13.5. The van der Waals surface area contributed by atoms with E-state index in [0.717, 1.165) is 29.2 Å². The Hall–Kier alpha value is -3.02. The molecule has 2 amide bonds. The molecule has 6 heteroatoms.